The van der Waals surface area contributed by atoms with Crippen LogP contribution in [0.1, 0.15) is 51.3 Å². The minimum Gasteiger partial charge on any atom is -0.458 e. The normalized spacial score (nSPS) is 33.1. The molecule has 0 spiro atoms. The van der Waals surface area contributed by atoms with Crippen LogP contribution in [0.5, 0.6) is 0 Å². The second-order valence-corrected chi connectivity index (χ2v) is 8.53. The van der Waals surface area contributed by atoms with Crippen LogP contribution in [0.25, 0.3) is 11.0 Å². The Morgan fingerprint density at radius 2 is 1.80 bits per heavy atom. The number of ether oxygens (including phenoxy) is 1. The van der Waals surface area contributed by atoms with Crippen molar-refractivity contribution in [1.29, 1.82) is 0 Å². The Hall–Kier alpha value is -1.84. The lowest BCUT2D eigenvalue weighted by Crippen LogP contribution is -2.53. The number of para-hydroxylation sites is 2. The van der Waals surface area contributed by atoms with Gasteiger partial charge in [-0.1, -0.05) is 19.1 Å². The molecule has 0 aliphatic heterocycles. The van der Waals surface area contributed by atoms with Gasteiger partial charge in [-0.2, -0.15) is 0 Å². The maximum atomic E-state index is 12.8. The van der Waals surface area contributed by atoms with Crippen molar-refractivity contribution in [3.63, 3.8) is 0 Å². The largest absolute Gasteiger partial charge is 0.458 e. The molecule has 0 saturated heterocycles. The Balaban J connectivity index is 1.38. The first-order valence-electron chi connectivity index (χ1n) is 9.80. The summed E-state index contributed by atoms with van der Waals surface area (Å²) >= 11 is 0. The number of nitrogens with zero attached hydrogens (tertiary/aromatic N) is 2. The Labute approximate surface area is 148 Å². The van der Waals surface area contributed by atoms with E-state index in [4.69, 9.17) is 4.74 Å². The highest BCUT2D eigenvalue weighted by Crippen LogP contribution is 2.57. The van der Waals surface area contributed by atoms with Gasteiger partial charge in [0, 0.05) is 6.42 Å². The Morgan fingerprint density at radius 3 is 2.44 bits per heavy atom. The number of benzene rings is 1. The van der Waals surface area contributed by atoms with Gasteiger partial charge in [-0.05, 0) is 68.4 Å². The first kappa shape index (κ1) is 15.4. The standard InChI is InChI=1S/C21H26N2O2/c1-2-19-22-17-5-3-4-6-18(17)23(19)13-20(24)25-21-10-14-7-15(11-21)9-16(8-14)12-21/h3-6,14-16H,2,7-13H2,1H3. The molecule has 0 unspecified atom stereocenters. The lowest BCUT2D eigenvalue weighted by molar-refractivity contribution is -0.187. The van der Waals surface area contributed by atoms with Crippen molar-refractivity contribution in [3.8, 4) is 0 Å². The fourth-order valence-electron chi connectivity index (χ4n) is 6.13. The molecule has 4 nitrogen and oxygen atoms in total. The van der Waals surface area contributed by atoms with E-state index in [1.807, 2.05) is 28.8 Å². The summed E-state index contributed by atoms with van der Waals surface area (Å²) in [6.07, 6.45) is 8.19. The number of imidazole rings is 1. The third kappa shape index (κ3) is 2.57. The zero-order valence-corrected chi connectivity index (χ0v) is 14.9. The predicted octanol–water partition coefficient (Wildman–Crippen LogP) is 4.11. The Kier molecular flexibility index (Phi) is 3.44. The molecular formula is C21H26N2O2. The molecule has 1 heterocycles. The third-order valence-electron chi connectivity index (χ3n) is 6.65. The summed E-state index contributed by atoms with van der Waals surface area (Å²) in [5.41, 5.74) is 1.83. The molecule has 0 radical (unpaired) electrons. The van der Waals surface area contributed by atoms with Gasteiger partial charge in [0.2, 0.25) is 0 Å². The van der Waals surface area contributed by atoms with Crippen molar-refractivity contribution in [1.82, 2.24) is 9.55 Å². The molecule has 2 aromatic rings. The van der Waals surface area contributed by atoms with E-state index in [1.54, 1.807) is 0 Å². The first-order chi connectivity index (χ1) is 12.1. The van der Waals surface area contributed by atoms with Gasteiger partial charge in [-0.25, -0.2) is 4.98 Å². The van der Waals surface area contributed by atoms with E-state index in [2.05, 4.69) is 11.9 Å². The zero-order valence-electron chi connectivity index (χ0n) is 14.9. The fraction of sp³-hybridized carbons (Fsp3) is 0.619. The van der Waals surface area contributed by atoms with Crippen LogP contribution in [0.3, 0.4) is 0 Å². The monoisotopic (exact) mass is 338 g/mol. The van der Waals surface area contributed by atoms with Crippen LogP contribution in [-0.2, 0) is 22.5 Å². The van der Waals surface area contributed by atoms with Gasteiger partial charge in [0.05, 0.1) is 11.0 Å². The van der Waals surface area contributed by atoms with E-state index in [0.717, 1.165) is 60.3 Å². The summed E-state index contributed by atoms with van der Waals surface area (Å²) in [5, 5.41) is 0. The second kappa shape index (κ2) is 5.58. The molecule has 4 saturated carbocycles. The van der Waals surface area contributed by atoms with Gasteiger partial charge >= 0.3 is 5.97 Å². The molecule has 0 amide bonds. The van der Waals surface area contributed by atoms with Crippen LogP contribution >= 0.6 is 0 Å². The molecular weight excluding hydrogens is 312 g/mol. The molecule has 132 valence electrons. The SMILES string of the molecule is CCc1nc2ccccc2n1CC(=O)OC12CC3CC(CC(C3)C1)C2. The van der Waals surface area contributed by atoms with Crippen molar-refractivity contribution in [2.24, 2.45) is 17.8 Å². The quantitative estimate of drug-likeness (QED) is 0.788. The van der Waals surface area contributed by atoms with Crippen molar-refractivity contribution in [2.75, 3.05) is 0 Å². The van der Waals surface area contributed by atoms with Crippen LogP contribution in [0, 0.1) is 17.8 Å². The van der Waals surface area contributed by atoms with E-state index in [9.17, 15) is 4.79 Å². The molecule has 4 fully saturated rings. The molecule has 6 rings (SSSR count). The number of aryl methyl sites for hydroxylation is 1. The first-order valence-corrected chi connectivity index (χ1v) is 9.80. The molecule has 1 aromatic carbocycles. The number of rotatable bonds is 4. The third-order valence-corrected chi connectivity index (χ3v) is 6.65. The number of carbonyl (C=O) groups excluding carboxylic acids is 1. The zero-order chi connectivity index (χ0) is 17.0. The molecule has 4 heteroatoms. The van der Waals surface area contributed by atoms with Crippen LogP contribution in [0.15, 0.2) is 24.3 Å². The maximum Gasteiger partial charge on any atom is 0.326 e. The summed E-state index contributed by atoms with van der Waals surface area (Å²) in [7, 11) is 0. The van der Waals surface area contributed by atoms with E-state index < -0.39 is 0 Å². The average molecular weight is 338 g/mol. The van der Waals surface area contributed by atoms with E-state index in [1.165, 1.54) is 19.3 Å². The van der Waals surface area contributed by atoms with Gasteiger partial charge in [0.15, 0.2) is 0 Å². The van der Waals surface area contributed by atoms with Crippen molar-refractivity contribution >= 4 is 17.0 Å². The topological polar surface area (TPSA) is 44.1 Å². The molecule has 25 heavy (non-hydrogen) atoms. The lowest BCUT2D eigenvalue weighted by atomic mass is 9.54. The lowest BCUT2D eigenvalue weighted by Gasteiger charge is -2.55. The summed E-state index contributed by atoms with van der Waals surface area (Å²) in [5.74, 6) is 3.25. The van der Waals surface area contributed by atoms with E-state index in [0.29, 0.717) is 0 Å². The van der Waals surface area contributed by atoms with E-state index in [-0.39, 0.29) is 18.1 Å². The number of esters is 1. The smallest absolute Gasteiger partial charge is 0.326 e. The number of carbonyl (C=O) groups is 1. The Morgan fingerprint density at radius 1 is 1.16 bits per heavy atom. The number of aromatic nitrogens is 2. The number of hydrogen-bond donors (Lipinski definition) is 0. The summed E-state index contributed by atoms with van der Waals surface area (Å²) in [6, 6.07) is 8.05. The van der Waals surface area contributed by atoms with Crippen LogP contribution < -0.4 is 0 Å². The van der Waals surface area contributed by atoms with Gasteiger partial charge in [-0.3, -0.25) is 4.79 Å². The van der Waals surface area contributed by atoms with Gasteiger partial charge in [-0.15, -0.1) is 0 Å². The van der Waals surface area contributed by atoms with Gasteiger partial charge in [0.1, 0.15) is 18.0 Å². The number of hydrogen-bond acceptors (Lipinski definition) is 3. The Bertz CT molecular complexity index is 787. The molecule has 0 N–H and O–H groups in total. The molecule has 4 aliphatic rings. The minimum atomic E-state index is -0.158. The van der Waals surface area contributed by atoms with Gasteiger partial charge < -0.3 is 9.30 Å². The summed E-state index contributed by atoms with van der Waals surface area (Å²) in [4.78, 5) is 17.5. The fourth-order valence-corrected chi connectivity index (χ4v) is 6.13. The van der Waals surface area contributed by atoms with Crippen LogP contribution in [0.4, 0.5) is 0 Å². The minimum absolute atomic E-state index is 0.0835. The molecule has 4 aliphatic carbocycles. The highest BCUT2D eigenvalue weighted by atomic mass is 16.6. The van der Waals surface area contributed by atoms with Crippen LogP contribution in [0.2, 0.25) is 0 Å². The van der Waals surface area contributed by atoms with Crippen molar-refractivity contribution < 1.29 is 9.53 Å². The average Bonchev–Trinajstić information content (AvgIpc) is 2.91. The maximum absolute atomic E-state index is 12.8. The highest BCUT2D eigenvalue weighted by Gasteiger charge is 2.53. The van der Waals surface area contributed by atoms with Crippen LogP contribution in [-0.4, -0.2) is 21.1 Å². The summed E-state index contributed by atoms with van der Waals surface area (Å²) in [6.45, 7) is 2.37. The second-order valence-electron chi connectivity index (χ2n) is 8.53. The summed E-state index contributed by atoms with van der Waals surface area (Å²) < 4.78 is 8.22. The molecule has 0 atom stereocenters. The molecule has 4 bridgehead atoms. The van der Waals surface area contributed by atoms with Crippen molar-refractivity contribution in [3.05, 3.63) is 30.1 Å². The molecule has 1 aromatic heterocycles. The van der Waals surface area contributed by atoms with Gasteiger partial charge in [0.25, 0.3) is 0 Å². The predicted molar refractivity (Wildman–Crippen MR) is 96.1 cm³/mol. The number of fused-ring (bicyclic) bond motifs is 1. The van der Waals surface area contributed by atoms with E-state index >= 15 is 0 Å². The van der Waals surface area contributed by atoms with Crippen molar-refractivity contribution in [2.45, 2.75) is 64.0 Å². The highest BCUT2D eigenvalue weighted by molar-refractivity contribution is 5.79.